The minimum atomic E-state index is -1.08. The Morgan fingerprint density at radius 1 is 1.33 bits per heavy atom. The van der Waals surface area contributed by atoms with Crippen LogP contribution in [0.1, 0.15) is 32.3 Å². The molecule has 1 aromatic carbocycles. The standard InChI is InChI=1S/C13H19N3O2/c1-3-13(18,4-2)11(15-16-12(14)17)10-8-6-5-7-9-10/h5-9,18H,3-4H2,1-2H3,(H3,14,16,17)/b15-11+. The first kappa shape index (κ1) is 14.2. The second kappa shape index (κ2) is 6.16. The Bertz CT molecular complexity index is 425. The molecule has 0 aromatic heterocycles. The molecule has 0 unspecified atom stereocenters. The minimum absolute atomic E-state index is 0.423. The lowest BCUT2D eigenvalue weighted by Gasteiger charge is -2.27. The maximum Gasteiger partial charge on any atom is 0.332 e. The number of hydrogen-bond acceptors (Lipinski definition) is 3. The molecule has 0 radical (unpaired) electrons. The molecule has 5 nitrogen and oxygen atoms in total. The van der Waals surface area contributed by atoms with Crippen LogP contribution in [0.25, 0.3) is 0 Å². The van der Waals surface area contributed by atoms with E-state index in [0.29, 0.717) is 18.6 Å². The van der Waals surface area contributed by atoms with Crippen LogP contribution in [0, 0.1) is 0 Å². The van der Waals surface area contributed by atoms with Crippen LogP contribution < -0.4 is 11.2 Å². The molecule has 0 fully saturated rings. The van der Waals surface area contributed by atoms with Crippen molar-refractivity contribution >= 4 is 11.7 Å². The Morgan fingerprint density at radius 2 is 1.89 bits per heavy atom. The molecule has 1 aromatic rings. The van der Waals surface area contributed by atoms with Gasteiger partial charge in [-0.05, 0) is 12.8 Å². The lowest BCUT2D eigenvalue weighted by Crippen LogP contribution is -2.40. The zero-order valence-corrected chi connectivity index (χ0v) is 10.7. The van der Waals surface area contributed by atoms with E-state index >= 15 is 0 Å². The quantitative estimate of drug-likeness (QED) is 0.547. The van der Waals surface area contributed by atoms with E-state index in [1.807, 2.05) is 44.2 Å². The number of amides is 2. The van der Waals surface area contributed by atoms with Crippen molar-refractivity contribution in [1.29, 1.82) is 0 Å². The average molecular weight is 249 g/mol. The fourth-order valence-corrected chi connectivity index (χ4v) is 1.73. The van der Waals surface area contributed by atoms with Gasteiger partial charge < -0.3 is 10.8 Å². The summed E-state index contributed by atoms with van der Waals surface area (Å²) in [7, 11) is 0. The summed E-state index contributed by atoms with van der Waals surface area (Å²) in [6.45, 7) is 3.73. The molecule has 98 valence electrons. The van der Waals surface area contributed by atoms with Gasteiger partial charge in [-0.15, -0.1) is 0 Å². The summed E-state index contributed by atoms with van der Waals surface area (Å²) >= 11 is 0. The predicted octanol–water partition coefficient (Wildman–Crippen LogP) is 1.61. The van der Waals surface area contributed by atoms with Crippen LogP contribution >= 0.6 is 0 Å². The molecule has 5 heteroatoms. The number of rotatable bonds is 5. The number of hydrazone groups is 1. The zero-order chi connectivity index (χ0) is 13.6. The van der Waals surface area contributed by atoms with Crippen LogP contribution in [-0.2, 0) is 0 Å². The van der Waals surface area contributed by atoms with Gasteiger partial charge in [0.2, 0.25) is 0 Å². The number of aliphatic hydroxyl groups is 1. The van der Waals surface area contributed by atoms with Gasteiger partial charge >= 0.3 is 6.03 Å². The van der Waals surface area contributed by atoms with Crippen molar-refractivity contribution in [1.82, 2.24) is 5.43 Å². The lowest BCUT2D eigenvalue weighted by atomic mass is 9.87. The highest BCUT2D eigenvalue weighted by atomic mass is 16.3. The molecule has 0 aliphatic carbocycles. The summed E-state index contributed by atoms with van der Waals surface area (Å²) in [5, 5.41) is 14.5. The van der Waals surface area contributed by atoms with E-state index in [1.54, 1.807) is 0 Å². The van der Waals surface area contributed by atoms with Crippen molar-refractivity contribution in [2.24, 2.45) is 10.8 Å². The van der Waals surface area contributed by atoms with Gasteiger partial charge in [0.15, 0.2) is 0 Å². The second-order valence-corrected chi connectivity index (χ2v) is 4.04. The molecule has 0 heterocycles. The SMILES string of the molecule is CCC(O)(CC)/C(=N/NC(N)=O)c1ccccc1. The first-order valence-corrected chi connectivity index (χ1v) is 5.95. The molecule has 18 heavy (non-hydrogen) atoms. The van der Waals surface area contributed by atoms with Crippen molar-refractivity contribution in [2.45, 2.75) is 32.3 Å². The number of nitrogens with zero attached hydrogens (tertiary/aromatic N) is 1. The van der Waals surface area contributed by atoms with Crippen molar-refractivity contribution in [3.8, 4) is 0 Å². The Morgan fingerprint density at radius 3 is 2.33 bits per heavy atom. The molecule has 0 bridgehead atoms. The summed E-state index contributed by atoms with van der Waals surface area (Å²) in [6.07, 6.45) is 0.995. The molecule has 0 aliphatic heterocycles. The summed E-state index contributed by atoms with van der Waals surface area (Å²) in [4.78, 5) is 10.8. The van der Waals surface area contributed by atoms with Gasteiger partial charge in [0.05, 0.1) is 5.71 Å². The smallest absolute Gasteiger partial charge is 0.332 e. The number of urea groups is 1. The van der Waals surface area contributed by atoms with E-state index in [-0.39, 0.29) is 0 Å². The third-order valence-electron chi connectivity index (χ3n) is 2.94. The first-order chi connectivity index (χ1) is 8.53. The highest BCUT2D eigenvalue weighted by molar-refractivity contribution is 6.06. The van der Waals surface area contributed by atoms with Crippen LogP contribution in [0.3, 0.4) is 0 Å². The maximum absolute atomic E-state index is 10.8. The number of carbonyl (C=O) groups is 1. The molecule has 0 saturated heterocycles. The fourth-order valence-electron chi connectivity index (χ4n) is 1.73. The van der Waals surface area contributed by atoms with Crippen LogP contribution in [-0.4, -0.2) is 22.5 Å². The van der Waals surface area contributed by atoms with Gasteiger partial charge in [-0.3, -0.25) is 0 Å². The molecule has 1 rings (SSSR count). The summed E-state index contributed by atoms with van der Waals surface area (Å²) in [5.74, 6) is 0. The molecular formula is C13H19N3O2. The fraction of sp³-hybridized carbons (Fsp3) is 0.385. The summed E-state index contributed by atoms with van der Waals surface area (Å²) < 4.78 is 0. The molecule has 0 saturated carbocycles. The first-order valence-electron chi connectivity index (χ1n) is 5.95. The van der Waals surface area contributed by atoms with E-state index in [9.17, 15) is 9.90 Å². The van der Waals surface area contributed by atoms with Crippen molar-refractivity contribution in [2.75, 3.05) is 0 Å². The number of primary amides is 1. The zero-order valence-electron chi connectivity index (χ0n) is 10.7. The number of carbonyl (C=O) groups excluding carboxylic acids is 1. The van der Waals surface area contributed by atoms with E-state index in [0.717, 1.165) is 5.56 Å². The van der Waals surface area contributed by atoms with Crippen molar-refractivity contribution in [3.63, 3.8) is 0 Å². The largest absolute Gasteiger partial charge is 0.383 e. The van der Waals surface area contributed by atoms with Crippen LogP contribution in [0.15, 0.2) is 35.4 Å². The van der Waals surface area contributed by atoms with E-state index in [1.165, 1.54) is 0 Å². The van der Waals surface area contributed by atoms with Gasteiger partial charge in [-0.25, -0.2) is 10.2 Å². The molecular weight excluding hydrogens is 230 g/mol. The number of hydrogen-bond donors (Lipinski definition) is 3. The molecule has 0 spiro atoms. The van der Waals surface area contributed by atoms with E-state index in [2.05, 4.69) is 10.5 Å². The van der Waals surface area contributed by atoms with Crippen LogP contribution in [0.2, 0.25) is 0 Å². The van der Waals surface area contributed by atoms with Gasteiger partial charge in [0.1, 0.15) is 5.60 Å². The van der Waals surface area contributed by atoms with Gasteiger partial charge in [0, 0.05) is 5.56 Å². The van der Waals surface area contributed by atoms with E-state index in [4.69, 9.17) is 5.73 Å². The topological polar surface area (TPSA) is 87.7 Å². The maximum atomic E-state index is 10.8. The number of benzene rings is 1. The van der Waals surface area contributed by atoms with Gasteiger partial charge in [0.25, 0.3) is 0 Å². The minimum Gasteiger partial charge on any atom is -0.383 e. The van der Waals surface area contributed by atoms with Gasteiger partial charge in [-0.1, -0.05) is 44.2 Å². The van der Waals surface area contributed by atoms with Crippen LogP contribution in [0.4, 0.5) is 4.79 Å². The lowest BCUT2D eigenvalue weighted by molar-refractivity contribution is 0.104. The van der Waals surface area contributed by atoms with Crippen LogP contribution in [0.5, 0.6) is 0 Å². The molecule has 0 atom stereocenters. The predicted molar refractivity (Wildman–Crippen MR) is 71.2 cm³/mol. The highest BCUT2D eigenvalue weighted by Crippen LogP contribution is 2.21. The Kier molecular flexibility index (Phi) is 4.85. The third kappa shape index (κ3) is 3.30. The summed E-state index contributed by atoms with van der Waals surface area (Å²) in [5.41, 5.74) is 7.30. The summed E-state index contributed by atoms with van der Waals surface area (Å²) in [6, 6.07) is 8.48. The third-order valence-corrected chi connectivity index (χ3v) is 2.94. The van der Waals surface area contributed by atoms with Crippen molar-refractivity contribution < 1.29 is 9.90 Å². The monoisotopic (exact) mass is 249 g/mol. The van der Waals surface area contributed by atoms with Gasteiger partial charge in [-0.2, -0.15) is 5.10 Å². The Hall–Kier alpha value is -1.88. The Labute approximate surface area is 107 Å². The second-order valence-electron chi connectivity index (χ2n) is 4.04. The molecule has 2 amide bonds. The van der Waals surface area contributed by atoms with Crippen molar-refractivity contribution in [3.05, 3.63) is 35.9 Å². The van der Waals surface area contributed by atoms with E-state index < -0.39 is 11.6 Å². The highest BCUT2D eigenvalue weighted by Gasteiger charge is 2.30. The average Bonchev–Trinajstić information content (AvgIpc) is 2.39. The number of nitrogens with one attached hydrogen (secondary N) is 1. The molecule has 0 aliphatic rings. The molecule has 4 N–H and O–H groups in total. The Balaban J connectivity index is 3.18. The number of nitrogens with two attached hydrogens (primary N) is 1. The normalized spacial score (nSPS) is 12.3.